The molecule has 0 unspecified atom stereocenters. The second-order valence-corrected chi connectivity index (χ2v) is 5.78. The number of benzene rings is 1. The molecular formula is C19H27IN4O. The average molecular weight is 454 g/mol. The van der Waals surface area contributed by atoms with E-state index in [1.165, 1.54) is 11.1 Å². The van der Waals surface area contributed by atoms with Crippen LogP contribution in [-0.4, -0.2) is 24.1 Å². The van der Waals surface area contributed by atoms with Gasteiger partial charge in [-0.05, 0) is 31.4 Å². The molecular weight excluding hydrogens is 427 g/mol. The monoisotopic (exact) mass is 454 g/mol. The first-order chi connectivity index (χ1) is 11.7. The number of hydrogen-bond acceptors (Lipinski definition) is 2. The number of halogens is 1. The van der Waals surface area contributed by atoms with Gasteiger partial charge in [0.15, 0.2) is 5.96 Å². The van der Waals surface area contributed by atoms with Gasteiger partial charge in [0.25, 0.3) is 0 Å². The highest BCUT2D eigenvalue weighted by molar-refractivity contribution is 14.0. The van der Waals surface area contributed by atoms with Crippen LogP contribution in [0.4, 0.5) is 0 Å². The van der Waals surface area contributed by atoms with E-state index in [4.69, 9.17) is 0 Å². The minimum Gasteiger partial charge on any atom is -0.356 e. The highest BCUT2D eigenvalue weighted by atomic mass is 127. The summed E-state index contributed by atoms with van der Waals surface area (Å²) >= 11 is 0. The molecule has 1 aromatic heterocycles. The topological polar surface area (TPSA) is 58.4 Å². The second-order valence-electron chi connectivity index (χ2n) is 5.78. The van der Waals surface area contributed by atoms with Crippen molar-refractivity contribution in [2.24, 2.45) is 4.99 Å². The molecule has 0 amide bonds. The van der Waals surface area contributed by atoms with E-state index in [-0.39, 0.29) is 29.5 Å². The quantitative estimate of drug-likeness (QED) is 0.293. The number of guanidine groups is 1. The van der Waals surface area contributed by atoms with Crippen molar-refractivity contribution in [3.05, 3.63) is 70.1 Å². The minimum atomic E-state index is 0. The first kappa shape index (κ1) is 21.2. The summed E-state index contributed by atoms with van der Waals surface area (Å²) in [5.41, 5.74) is 2.55. The molecule has 0 saturated carbocycles. The largest absolute Gasteiger partial charge is 0.356 e. The average Bonchev–Trinajstić information content (AvgIpc) is 2.59. The lowest BCUT2D eigenvalue weighted by molar-refractivity contribution is 0.585. The highest BCUT2D eigenvalue weighted by Gasteiger charge is 1.99. The third-order valence-corrected chi connectivity index (χ3v) is 3.78. The fourth-order valence-corrected chi connectivity index (χ4v) is 2.49. The Balaban J connectivity index is 0.00000312. The Morgan fingerprint density at radius 2 is 1.96 bits per heavy atom. The molecule has 1 aromatic carbocycles. The smallest absolute Gasteiger partial charge is 0.250 e. The summed E-state index contributed by atoms with van der Waals surface area (Å²) < 4.78 is 1.74. The Bertz CT molecular complexity index is 727. The maximum absolute atomic E-state index is 11.6. The van der Waals surface area contributed by atoms with E-state index in [1.807, 2.05) is 12.3 Å². The summed E-state index contributed by atoms with van der Waals surface area (Å²) in [5.74, 6) is 0.799. The third kappa shape index (κ3) is 7.72. The number of nitrogens with one attached hydrogen (secondary N) is 2. The van der Waals surface area contributed by atoms with Crippen LogP contribution in [0.25, 0.3) is 0 Å². The number of aryl methyl sites for hydroxylation is 2. The molecule has 2 rings (SSSR count). The lowest BCUT2D eigenvalue weighted by Gasteiger charge is -2.12. The van der Waals surface area contributed by atoms with Crippen LogP contribution in [-0.2, 0) is 13.1 Å². The number of unbranched alkanes of at least 4 members (excludes halogenated alkanes) is 1. The zero-order valence-corrected chi connectivity index (χ0v) is 17.2. The molecule has 1 heterocycles. The van der Waals surface area contributed by atoms with E-state index in [0.717, 1.165) is 38.4 Å². The molecule has 0 atom stereocenters. The number of rotatable bonds is 7. The fourth-order valence-electron chi connectivity index (χ4n) is 2.49. The predicted molar refractivity (Wildman–Crippen MR) is 115 cm³/mol. The van der Waals surface area contributed by atoms with Gasteiger partial charge in [-0.3, -0.25) is 9.79 Å². The zero-order valence-electron chi connectivity index (χ0n) is 14.9. The molecule has 25 heavy (non-hydrogen) atoms. The summed E-state index contributed by atoms with van der Waals surface area (Å²) in [5, 5.41) is 6.62. The van der Waals surface area contributed by atoms with Crippen molar-refractivity contribution in [1.82, 2.24) is 15.2 Å². The number of aromatic nitrogens is 1. The van der Waals surface area contributed by atoms with Crippen LogP contribution in [0.1, 0.15) is 24.0 Å². The molecule has 2 N–H and O–H groups in total. The Morgan fingerprint density at radius 1 is 1.12 bits per heavy atom. The fraction of sp³-hybridized carbons (Fsp3) is 0.368. The van der Waals surface area contributed by atoms with Crippen LogP contribution in [0.3, 0.4) is 0 Å². The SMILES string of the molecule is CN=C(NCCCCn1ccccc1=O)NCc1cccc(C)c1.I. The summed E-state index contributed by atoms with van der Waals surface area (Å²) in [4.78, 5) is 15.8. The molecule has 2 aromatic rings. The van der Waals surface area contributed by atoms with Crippen molar-refractivity contribution in [2.45, 2.75) is 32.9 Å². The van der Waals surface area contributed by atoms with E-state index < -0.39 is 0 Å². The van der Waals surface area contributed by atoms with Crippen molar-refractivity contribution in [3.8, 4) is 0 Å². The molecule has 0 bridgehead atoms. The van der Waals surface area contributed by atoms with Crippen molar-refractivity contribution in [2.75, 3.05) is 13.6 Å². The zero-order chi connectivity index (χ0) is 17.2. The Labute approximate surface area is 166 Å². The van der Waals surface area contributed by atoms with Gasteiger partial charge in [-0.1, -0.05) is 35.9 Å². The first-order valence-electron chi connectivity index (χ1n) is 8.34. The van der Waals surface area contributed by atoms with Gasteiger partial charge >= 0.3 is 0 Å². The number of hydrogen-bond donors (Lipinski definition) is 2. The molecule has 6 heteroatoms. The van der Waals surface area contributed by atoms with Gasteiger partial charge in [-0.15, -0.1) is 24.0 Å². The Kier molecular flexibility index (Phi) is 9.91. The molecule has 136 valence electrons. The maximum Gasteiger partial charge on any atom is 0.250 e. The van der Waals surface area contributed by atoms with Crippen molar-refractivity contribution in [3.63, 3.8) is 0 Å². The highest BCUT2D eigenvalue weighted by Crippen LogP contribution is 2.03. The summed E-state index contributed by atoms with van der Waals surface area (Å²) in [6.45, 7) is 4.42. The third-order valence-electron chi connectivity index (χ3n) is 3.78. The van der Waals surface area contributed by atoms with Crippen LogP contribution >= 0.6 is 24.0 Å². The van der Waals surface area contributed by atoms with Crippen LogP contribution in [0.15, 0.2) is 58.4 Å². The van der Waals surface area contributed by atoms with Crippen LogP contribution in [0.5, 0.6) is 0 Å². The van der Waals surface area contributed by atoms with Gasteiger partial charge in [0.2, 0.25) is 5.56 Å². The molecule has 5 nitrogen and oxygen atoms in total. The van der Waals surface area contributed by atoms with Gasteiger partial charge < -0.3 is 15.2 Å². The second kappa shape index (κ2) is 11.7. The van der Waals surface area contributed by atoms with Crippen LogP contribution in [0, 0.1) is 6.92 Å². The Hall–Kier alpha value is -1.83. The number of pyridine rings is 1. The summed E-state index contributed by atoms with van der Waals surface area (Å²) in [7, 11) is 1.77. The molecule has 0 fully saturated rings. The van der Waals surface area contributed by atoms with Crippen molar-refractivity contribution in [1.29, 1.82) is 0 Å². The van der Waals surface area contributed by atoms with Crippen LogP contribution in [0.2, 0.25) is 0 Å². The Morgan fingerprint density at radius 3 is 2.68 bits per heavy atom. The molecule has 0 radical (unpaired) electrons. The van der Waals surface area contributed by atoms with Crippen molar-refractivity contribution >= 4 is 29.9 Å². The molecule has 0 aliphatic rings. The molecule has 0 aliphatic carbocycles. The number of aliphatic imine (C=N–C) groups is 1. The normalized spacial score (nSPS) is 10.9. The lowest BCUT2D eigenvalue weighted by atomic mass is 10.1. The maximum atomic E-state index is 11.6. The number of nitrogens with zero attached hydrogens (tertiary/aromatic N) is 2. The van der Waals surface area contributed by atoms with E-state index >= 15 is 0 Å². The van der Waals surface area contributed by atoms with E-state index in [1.54, 1.807) is 23.7 Å². The predicted octanol–water partition coefficient (Wildman–Crippen LogP) is 2.92. The molecule has 0 aliphatic heterocycles. The van der Waals surface area contributed by atoms with Crippen LogP contribution < -0.4 is 16.2 Å². The molecule has 0 spiro atoms. The standard InChI is InChI=1S/C19H26N4O.HI/c1-16-8-7-9-17(14-16)15-22-19(20-2)21-11-4-6-13-23-12-5-3-10-18(23)24;/h3,5,7-10,12,14H,4,6,11,13,15H2,1-2H3,(H2,20,21,22);1H. The van der Waals surface area contributed by atoms with Gasteiger partial charge in [0.1, 0.15) is 0 Å². The van der Waals surface area contributed by atoms with E-state index in [2.05, 4.69) is 46.8 Å². The minimum absolute atomic E-state index is 0. The summed E-state index contributed by atoms with van der Waals surface area (Å²) in [6.07, 6.45) is 3.76. The van der Waals surface area contributed by atoms with Gasteiger partial charge in [0, 0.05) is 38.9 Å². The van der Waals surface area contributed by atoms with Crippen molar-refractivity contribution < 1.29 is 0 Å². The van der Waals surface area contributed by atoms with Gasteiger partial charge in [0.05, 0.1) is 0 Å². The lowest BCUT2D eigenvalue weighted by Crippen LogP contribution is -2.37. The van der Waals surface area contributed by atoms with Gasteiger partial charge in [-0.2, -0.15) is 0 Å². The van der Waals surface area contributed by atoms with Gasteiger partial charge in [-0.25, -0.2) is 0 Å². The first-order valence-corrected chi connectivity index (χ1v) is 8.34. The molecule has 0 saturated heterocycles. The van der Waals surface area contributed by atoms with E-state index in [9.17, 15) is 4.79 Å². The summed E-state index contributed by atoms with van der Waals surface area (Å²) in [6, 6.07) is 13.7. The van der Waals surface area contributed by atoms with E-state index in [0.29, 0.717) is 0 Å².